The van der Waals surface area contributed by atoms with Crippen LogP contribution in [0.15, 0.2) is 48.6 Å². The lowest BCUT2D eigenvalue weighted by molar-refractivity contribution is -0.112. The lowest BCUT2D eigenvalue weighted by Gasteiger charge is -2.13. The summed E-state index contributed by atoms with van der Waals surface area (Å²) in [5.74, 6) is 0.477. The number of nitriles is 1. The number of halogens is 2. The highest BCUT2D eigenvalue weighted by atomic mass is 35.5. The molecule has 0 atom stereocenters. The van der Waals surface area contributed by atoms with Crippen molar-refractivity contribution in [3.8, 4) is 23.3 Å². The van der Waals surface area contributed by atoms with Crippen LogP contribution in [0.5, 0.6) is 17.2 Å². The molecule has 2 aromatic rings. The van der Waals surface area contributed by atoms with Gasteiger partial charge < -0.3 is 19.5 Å². The van der Waals surface area contributed by atoms with E-state index in [2.05, 4.69) is 11.9 Å². The van der Waals surface area contributed by atoms with Crippen molar-refractivity contribution in [3.05, 3.63) is 64.2 Å². The average Bonchev–Trinajstić information content (AvgIpc) is 2.72. The van der Waals surface area contributed by atoms with Gasteiger partial charge in [0.2, 0.25) is 0 Å². The molecule has 1 N–H and O–H groups in total. The molecule has 1 amide bonds. The highest BCUT2D eigenvalue weighted by Crippen LogP contribution is 2.36. The number of benzene rings is 2. The largest absolute Gasteiger partial charge is 0.495 e. The molecule has 0 aliphatic rings. The minimum atomic E-state index is -0.648. The molecule has 2 rings (SSSR count). The molecule has 0 spiro atoms. The number of ether oxygens (including phenoxy) is 3. The summed E-state index contributed by atoms with van der Waals surface area (Å²) in [4.78, 5) is 12.7. The third-order valence-corrected chi connectivity index (χ3v) is 4.25. The zero-order valence-electron chi connectivity index (χ0n) is 15.8. The van der Waals surface area contributed by atoms with Crippen molar-refractivity contribution in [2.45, 2.75) is 0 Å². The number of carbonyl (C=O) groups is 1. The Morgan fingerprint density at radius 2 is 1.90 bits per heavy atom. The number of rotatable bonds is 8. The molecule has 0 saturated carbocycles. The quantitative estimate of drug-likeness (QED) is 0.355. The monoisotopic (exact) mass is 432 g/mol. The fourth-order valence-corrected chi connectivity index (χ4v) is 2.78. The van der Waals surface area contributed by atoms with Gasteiger partial charge in [0.25, 0.3) is 5.91 Å². The predicted octanol–water partition coefficient (Wildman–Crippen LogP) is 5.12. The van der Waals surface area contributed by atoms with Crippen molar-refractivity contribution < 1.29 is 19.0 Å². The van der Waals surface area contributed by atoms with E-state index < -0.39 is 5.91 Å². The predicted molar refractivity (Wildman–Crippen MR) is 114 cm³/mol. The Bertz CT molecular complexity index is 997. The SMILES string of the molecule is C=CCOc1ccc(Cl)cc1/C=C(\C#N)C(=O)Nc1cc(OC)c(Cl)cc1OC. The Balaban J connectivity index is 2.39. The second-order valence-electron chi connectivity index (χ2n) is 5.59. The first-order valence-corrected chi connectivity index (χ1v) is 9.07. The van der Waals surface area contributed by atoms with Crippen molar-refractivity contribution in [1.82, 2.24) is 0 Å². The van der Waals surface area contributed by atoms with E-state index in [1.165, 1.54) is 32.4 Å². The maximum Gasteiger partial charge on any atom is 0.266 e. The molecular formula is C21H18Cl2N2O4. The summed E-state index contributed by atoms with van der Waals surface area (Å²) < 4.78 is 15.9. The molecule has 0 saturated heterocycles. The molecule has 0 radical (unpaired) electrons. The molecule has 0 aliphatic carbocycles. The normalized spacial score (nSPS) is 10.7. The number of nitrogens with one attached hydrogen (secondary N) is 1. The van der Waals surface area contributed by atoms with Crippen LogP contribution >= 0.6 is 23.2 Å². The number of amides is 1. The molecule has 0 bridgehead atoms. The first-order valence-electron chi connectivity index (χ1n) is 8.31. The van der Waals surface area contributed by atoms with E-state index in [-0.39, 0.29) is 12.2 Å². The van der Waals surface area contributed by atoms with Gasteiger partial charge in [-0.05, 0) is 24.3 Å². The maximum absolute atomic E-state index is 12.7. The number of hydrogen-bond acceptors (Lipinski definition) is 5. The summed E-state index contributed by atoms with van der Waals surface area (Å²) in [5.41, 5.74) is 0.618. The first kappa shape index (κ1) is 22.2. The average molecular weight is 433 g/mol. The molecule has 29 heavy (non-hydrogen) atoms. The maximum atomic E-state index is 12.7. The van der Waals surface area contributed by atoms with E-state index in [0.29, 0.717) is 38.5 Å². The third kappa shape index (κ3) is 5.67. The number of nitrogens with zero attached hydrogens (tertiary/aromatic N) is 1. The molecule has 0 fully saturated rings. The van der Waals surface area contributed by atoms with Crippen LogP contribution in [0.25, 0.3) is 6.08 Å². The van der Waals surface area contributed by atoms with Crippen LogP contribution < -0.4 is 19.5 Å². The van der Waals surface area contributed by atoms with Gasteiger partial charge in [0.15, 0.2) is 0 Å². The number of methoxy groups -OCH3 is 2. The van der Waals surface area contributed by atoms with Crippen LogP contribution in [0, 0.1) is 11.3 Å². The van der Waals surface area contributed by atoms with Crippen LogP contribution in [0.4, 0.5) is 5.69 Å². The van der Waals surface area contributed by atoms with Gasteiger partial charge in [0.05, 0.1) is 24.9 Å². The molecule has 0 unspecified atom stereocenters. The van der Waals surface area contributed by atoms with Crippen molar-refractivity contribution in [3.63, 3.8) is 0 Å². The third-order valence-electron chi connectivity index (χ3n) is 3.72. The van der Waals surface area contributed by atoms with Gasteiger partial charge in [0, 0.05) is 22.7 Å². The highest BCUT2D eigenvalue weighted by molar-refractivity contribution is 6.32. The standard InChI is InChI=1S/C21H18Cl2N2O4/c1-4-7-29-18-6-5-15(22)9-13(18)8-14(12-24)21(26)25-17-11-19(27-2)16(23)10-20(17)28-3/h4-6,8-11H,1,7H2,2-3H3,(H,25,26)/b14-8+. The highest BCUT2D eigenvalue weighted by Gasteiger charge is 2.16. The van der Waals surface area contributed by atoms with Crippen LogP contribution in [0.2, 0.25) is 10.0 Å². The van der Waals surface area contributed by atoms with E-state index in [1.807, 2.05) is 6.07 Å². The fourth-order valence-electron chi connectivity index (χ4n) is 2.36. The molecule has 0 heterocycles. The van der Waals surface area contributed by atoms with Gasteiger partial charge in [0.1, 0.15) is 35.5 Å². The van der Waals surface area contributed by atoms with Crippen LogP contribution in [-0.4, -0.2) is 26.7 Å². The molecule has 0 aliphatic heterocycles. The smallest absolute Gasteiger partial charge is 0.266 e. The lowest BCUT2D eigenvalue weighted by atomic mass is 10.1. The van der Waals surface area contributed by atoms with Gasteiger partial charge >= 0.3 is 0 Å². The second-order valence-corrected chi connectivity index (χ2v) is 6.44. The molecule has 150 valence electrons. The number of anilines is 1. The number of hydrogen-bond donors (Lipinski definition) is 1. The van der Waals surface area contributed by atoms with Gasteiger partial charge in [-0.2, -0.15) is 5.26 Å². The number of carbonyl (C=O) groups excluding carboxylic acids is 1. The molecule has 2 aromatic carbocycles. The summed E-state index contributed by atoms with van der Waals surface area (Å²) in [7, 11) is 2.88. The fraction of sp³-hybridized carbons (Fsp3) is 0.143. The van der Waals surface area contributed by atoms with Crippen LogP contribution in [0.3, 0.4) is 0 Å². The summed E-state index contributed by atoms with van der Waals surface area (Å²) in [6.45, 7) is 3.86. The lowest BCUT2D eigenvalue weighted by Crippen LogP contribution is -2.14. The summed E-state index contributed by atoms with van der Waals surface area (Å²) in [6.07, 6.45) is 2.97. The first-order chi connectivity index (χ1) is 13.9. The van der Waals surface area contributed by atoms with E-state index >= 15 is 0 Å². The van der Waals surface area contributed by atoms with Crippen LogP contribution in [-0.2, 0) is 4.79 Å². The van der Waals surface area contributed by atoms with Crippen LogP contribution in [0.1, 0.15) is 5.56 Å². The van der Waals surface area contributed by atoms with E-state index in [0.717, 1.165) is 0 Å². The zero-order valence-corrected chi connectivity index (χ0v) is 17.3. The van der Waals surface area contributed by atoms with Gasteiger partial charge in [-0.3, -0.25) is 4.79 Å². The van der Waals surface area contributed by atoms with Gasteiger partial charge in [-0.25, -0.2) is 0 Å². The minimum Gasteiger partial charge on any atom is -0.495 e. The summed E-state index contributed by atoms with van der Waals surface area (Å²) >= 11 is 12.1. The van der Waals surface area contributed by atoms with Crippen molar-refractivity contribution >= 4 is 40.9 Å². The minimum absolute atomic E-state index is 0.160. The Hall–Kier alpha value is -3.14. The summed E-state index contributed by atoms with van der Waals surface area (Å²) in [5, 5.41) is 12.9. The van der Waals surface area contributed by atoms with Gasteiger partial charge in [-0.1, -0.05) is 35.9 Å². The van der Waals surface area contributed by atoms with E-state index in [9.17, 15) is 10.1 Å². The van der Waals surface area contributed by atoms with E-state index in [1.54, 1.807) is 24.3 Å². The molecular weight excluding hydrogens is 415 g/mol. The topological polar surface area (TPSA) is 80.6 Å². The van der Waals surface area contributed by atoms with Crippen molar-refractivity contribution in [1.29, 1.82) is 5.26 Å². The Morgan fingerprint density at radius 3 is 2.52 bits per heavy atom. The molecule has 0 aromatic heterocycles. The Morgan fingerprint density at radius 1 is 1.17 bits per heavy atom. The van der Waals surface area contributed by atoms with Crippen molar-refractivity contribution in [2.24, 2.45) is 0 Å². The summed E-state index contributed by atoms with van der Waals surface area (Å²) in [6, 6.07) is 9.78. The van der Waals surface area contributed by atoms with Gasteiger partial charge in [-0.15, -0.1) is 0 Å². The Kier molecular flexibility index (Phi) is 7.96. The molecule has 6 nitrogen and oxygen atoms in total. The molecule has 8 heteroatoms. The van der Waals surface area contributed by atoms with E-state index in [4.69, 9.17) is 37.4 Å². The van der Waals surface area contributed by atoms with Crippen molar-refractivity contribution in [2.75, 3.05) is 26.1 Å². The second kappa shape index (κ2) is 10.4. The Labute approximate surface area is 178 Å². The zero-order chi connectivity index (χ0) is 21.4.